The van der Waals surface area contributed by atoms with Crippen LogP contribution < -0.4 is 5.32 Å². The van der Waals surface area contributed by atoms with Crippen LogP contribution >= 0.6 is 34.4 Å². The second-order valence-corrected chi connectivity index (χ2v) is 11.0. The third-order valence-corrected chi connectivity index (χ3v) is 9.11. The maximum absolute atomic E-state index is 12.9. The summed E-state index contributed by atoms with van der Waals surface area (Å²) >= 11 is 4.11. The van der Waals surface area contributed by atoms with Crippen molar-refractivity contribution in [3.63, 3.8) is 0 Å². The standard InChI is InChI=1S/C19H19N3O3S4/c1-26-14-6-4-13(5-7-14)15-12-28-19(20-15)21-18(23)17-16(8-11-27-17)29(24,25)22-9-2-3-10-22/h4-8,11-12H,2-3,9-10H2,1H3,(H,20,21,23). The van der Waals surface area contributed by atoms with E-state index >= 15 is 0 Å². The fourth-order valence-electron chi connectivity index (χ4n) is 3.11. The van der Waals surface area contributed by atoms with Crippen molar-refractivity contribution in [1.82, 2.24) is 9.29 Å². The van der Waals surface area contributed by atoms with Gasteiger partial charge in [-0.05, 0) is 42.7 Å². The van der Waals surface area contributed by atoms with Crippen LogP contribution in [0.5, 0.6) is 0 Å². The first-order valence-corrected chi connectivity index (χ1v) is 13.4. The minimum Gasteiger partial charge on any atom is -0.297 e. The average Bonchev–Trinajstić information content (AvgIpc) is 3.49. The van der Waals surface area contributed by atoms with Gasteiger partial charge in [-0.3, -0.25) is 10.1 Å². The van der Waals surface area contributed by atoms with E-state index in [1.807, 2.05) is 35.9 Å². The number of nitrogens with zero attached hydrogens (tertiary/aromatic N) is 2. The highest BCUT2D eigenvalue weighted by Crippen LogP contribution is 2.30. The molecule has 1 aliphatic heterocycles. The molecule has 0 unspecified atom stereocenters. The van der Waals surface area contributed by atoms with Crippen molar-refractivity contribution >= 4 is 55.5 Å². The molecule has 1 aliphatic rings. The normalized spacial score (nSPS) is 14.9. The van der Waals surface area contributed by atoms with Crippen LogP contribution in [0.2, 0.25) is 0 Å². The summed E-state index contributed by atoms with van der Waals surface area (Å²) in [5.41, 5.74) is 1.74. The van der Waals surface area contributed by atoms with Gasteiger partial charge < -0.3 is 0 Å². The number of sulfonamides is 1. The van der Waals surface area contributed by atoms with Gasteiger partial charge in [0.25, 0.3) is 5.91 Å². The maximum Gasteiger partial charge on any atom is 0.268 e. The lowest BCUT2D eigenvalue weighted by molar-refractivity contribution is 0.102. The highest BCUT2D eigenvalue weighted by Gasteiger charge is 2.32. The van der Waals surface area contributed by atoms with E-state index in [2.05, 4.69) is 10.3 Å². The summed E-state index contributed by atoms with van der Waals surface area (Å²) in [4.78, 5) is 18.7. The van der Waals surface area contributed by atoms with Crippen molar-refractivity contribution in [3.05, 3.63) is 46.0 Å². The first-order valence-electron chi connectivity index (χ1n) is 8.98. The summed E-state index contributed by atoms with van der Waals surface area (Å²) in [6.07, 6.45) is 3.73. The Labute approximate surface area is 182 Å². The van der Waals surface area contributed by atoms with Gasteiger partial charge >= 0.3 is 0 Å². The Kier molecular flexibility index (Phi) is 6.07. The topological polar surface area (TPSA) is 79.4 Å². The number of aromatic nitrogens is 1. The van der Waals surface area contributed by atoms with E-state index in [4.69, 9.17) is 0 Å². The van der Waals surface area contributed by atoms with Gasteiger partial charge in [0, 0.05) is 28.9 Å². The van der Waals surface area contributed by atoms with E-state index in [9.17, 15) is 13.2 Å². The van der Waals surface area contributed by atoms with E-state index < -0.39 is 15.9 Å². The smallest absolute Gasteiger partial charge is 0.268 e. The molecule has 1 amide bonds. The van der Waals surface area contributed by atoms with Crippen molar-refractivity contribution in [2.24, 2.45) is 0 Å². The van der Waals surface area contributed by atoms with Gasteiger partial charge in [-0.1, -0.05) is 12.1 Å². The molecule has 0 atom stereocenters. The van der Waals surface area contributed by atoms with Crippen LogP contribution in [0.3, 0.4) is 0 Å². The molecule has 3 heterocycles. The van der Waals surface area contributed by atoms with E-state index in [0.29, 0.717) is 18.2 Å². The molecule has 0 bridgehead atoms. The summed E-state index contributed by atoms with van der Waals surface area (Å²) < 4.78 is 27.2. The molecule has 152 valence electrons. The van der Waals surface area contributed by atoms with Crippen molar-refractivity contribution in [3.8, 4) is 11.3 Å². The van der Waals surface area contributed by atoms with Crippen LogP contribution in [-0.4, -0.2) is 43.0 Å². The van der Waals surface area contributed by atoms with Gasteiger partial charge in [-0.2, -0.15) is 4.31 Å². The Hall–Kier alpha value is -1.72. The van der Waals surface area contributed by atoms with Gasteiger partial charge in [-0.25, -0.2) is 13.4 Å². The first kappa shape index (κ1) is 20.5. The van der Waals surface area contributed by atoms with E-state index in [0.717, 1.165) is 35.4 Å². The molecule has 0 radical (unpaired) electrons. The van der Waals surface area contributed by atoms with E-state index in [1.54, 1.807) is 17.1 Å². The second kappa shape index (κ2) is 8.57. The fraction of sp³-hybridized carbons (Fsp3) is 0.263. The molecule has 1 fully saturated rings. The molecule has 10 heteroatoms. The van der Waals surface area contributed by atoms with Crippen molar-refractivity contribution < 1.29 is 13.2 Å². The zero-order valence-corrected chi connectivity index (χ0v) is 18.9. The quantitative estimate of drug-likeness (QED) is 0.537. The van der Waals surface area contributed by atoms with Gasteiger partial charge in [0.15, 0.2) is 5.13 Å². The van der Waals surface area contributed by atoms with E-state index in [1.165, 1.54) is 26.6 Å². The molecule has 3 aromatic rings. The average molecular weight is 466 g/mol. The molecule has 0 saturated carbocycles. The molecule has 1 saturated heterocycles. The van der Waals surface area contributed by atoms with Gasteiger partial charge in [0.05, 0.1) is 5.69 Å². The second-order valence-electron chi connectivity index (χ2n) is 6.45. The number of rotatable bonds is 6. The molecular formula is C19H19N3O3S4. The number of carbonyl (C=O) groups is 1. The summed E-state index contributed by atoms with van der Waals surface area (Å²) in [7, 11) is -3.64. The largest absolute Gasteiger partial charge is 0.297 e. The SMILES string of the molecule is CSc1ccc(-c2csc(NC(=O)c3sccc3S(=O)(=O)N3CCCC3)n2)cc1. The van der Waals surface area contributed by atoms with Crippen LogP contribution in [0.25, 0.3) is 11.3 Å². The van der Waals surface area contributed by atoms with Crippen LogP contribution in [0.1, 0.15) is 22.5 Å². The molecule has 1 aromatic carbocycles. The third kappa shape index (κ3) is 4.26. The molecule has 29 heavy (non-hydrogen) atoms. The fourth-order valence-corrected chi connectivity index (χ4v) is 7.05. The number of thiazole rings is 1. The number of thiophene rings is 1. The number of hydrogen-bond donors (Lipinski definition) is 1. The lowest BCUT2D eigenvalue weighted by Gasteiger charge is -2.15. The number of thioether (sulfide) groups is 1. The third-order valence-electron chi connectivity index (χ3n) is 4.63. The minimum atomic E-state index is -3.64. The summed E-state index contributed by atoms with van der Waals surface area (Å²) in [6.45, 7) is 1.01. The van der Waals surface area contributed by atoms with Crippen LogP contribution in [0.4, 0.5) is 5.13 Å². The Balaban J connectivity index is 1.52. The molecule has 6 nitrogen and oxygen atoms in total. The van der Waals surface area contributed by atoms with Crippen LogP contribution in [0, 0.1) is 0 Å². The number of amides is 1. The van der Waals surface area contributed by atoms with Crippen molar-refractivity contribution in [2.75, 3.05) is 24.7 Å². The first-order chi connectivity index (χ1) is 14.0. The summed E-state index contributed by atoms with van der Waals surface area (Å²) in [6, 6.07) is 9.55. The van der Waals surface area contributed by atoms with Gasteiger partial charge in [-0.15, -0.1) is 34.4 Å². The number of nitrogens with one attached hydrogen (secondary N) is 1. The predicted octanol–water partition coefficient (Wildman–Crippen LogP) is 4.63. The maximum atomic E-state index is 12.9. The Bertz CT molecular complexity index is 1110. The molecule has 4 rings (SSSR count). The number of benzene rings is 1. The minimum absolute atomic E-state index is 0.0753. The lowest BCUT2D eigenvalue weighted by Crippen LogP contribution is -2.29. The highest BCUT2D eigenvalue weighted by atomic mass is 32.2. The summed E-state index contributed by atoms with van der Waals surface area (Å²) in [5.74, 6) is -0.448. The highest BCUT2D eigenvalue weighted by molar-refractivity contribution is 7.98. The Morgan fingerprint density at radius 3 is 2.55 bits per heavy atom. The number of anilines is 1. The predicted molar refractivity (Wildman–Crippen MR) is 120 cm³/mol. The van der Waals surface area contributed by atoms with Crippen molar-refractivity contribution in [2.45, 2.75) is 22.6 Å². The zero-order valence-electron chi connectivity index (χ0n) is 15.6. The molecular weight excluding hydrogens is 446 g/mol. The molecule has 0 aliphatic carbocycles. The number of carbonyl (C=O) groups excluding carboxylic acids is 1. The molecule has 0 spiro atoms. The Morgan fingerprint density at radius 1 is 1.14 bits per heavy atom. The Morgan fingerprint density at radius 2 is 1.86 bits per heavy atom. The van der Waals surface area contributed by atoms with Gasteiger partial charge in [0.2, 0.25) is 10.0 Å². The lowest BCUT2D eigenvalue weighted by atomic mass is 10.2. The summed E-state index contributed by atoms with van der Waals surface area (Å²) in [5, 5.41) is 6.71. The van der Waals surface area contributed by atoms with Crippen LogP contribution in [-0.2, 0) is 10.0 Å². The van der Waals surface area contributed by atoms with Gasteiger partial charge in [0.1, 0.15) is 9.77 Å². The number of hydrogen-bond acceptors (Lipinski definition) is 7. The monoisotopic (exact) mass is 465 g/mol. The van der Waals surface area contributed by atoms with E-state index in [-0.39, 0.29) is 9.77 Å². The molecule has 2 aromatic heterocycles. The molecule has 1 N–H and O–H groups in total. The van der Waals surface area contributed by atoms with Crippen LogP contribution in [0.15, 0.2) is 50.9 Å². The van der Waals surface area contributed by atoms with Crippen molar-refractivity contribution in [1.29, 1.82) is 0 Å². The zero-order chi connectivity index (χ0) is 20.4.